The third-order valence-electron chi connectivity index (χ3n) is 4.59. The predicted octanol–water partition coefficient (Wildman–Crippen LogP) is 4.15. The van der Waals surface area contributed by atoms with Crippen LogP contribution in [0.5, 0.6) is 0 Å². The van der Waals surface area contributed by atoms with Gasteiger partial charge in [0.2, 0.25) is 11.8 Å². The lowest BCUT2D eigenvalue weighted by atomic mass is 9.93. The van der Waals surface area contributed by atoms with Crippen LogP contribution in [0.3, 0.4) is 0 Å². The van der Waals surface area contributed by atoms with Gasteiger partial charge in [0.1, 0.15) is 0 Å². The molecule has 0 saturated carbocycles. The Balaban J connectivity index is 1.70. The van der Waals surface area contributed by atoms with Crippen molar-refractivity contribution < 1.29 is 19.1 Å². The van der Waals surface area contributed by atoms with Crippen LogP contribution in [0.1, 0.15) is 54.7 Å². The number of carbonyl (C=O) groups is 3. The average molecular weight is 392 g/mol. The van der Waals surface area contributed by atoms with Crippen molar-refractivity contribution >= 4 is 29.5 Å². The molecule has 3 rings (SSSR count). The molecule has 0 aliphatic carbocycles. The topological polar surface area (TPSA) is 75.7 Å². The third-order valence-corrected chi connectivity index (χ3v) is 4.59. The number of rotatable bonds is 5. The number of nitrogens with one attached hydrogen (secondary N) is 1. The summed E-state index contributed by atoms with van der Waals surface area (Å²) in [6.07, 6.45) is 3.52. The smallest absolute Gasteiger partial charge is 0.338 e. The summed E-state index contributed by atoms with van der Waals surface area (Å²) in [6, 6.07) is 13.9. The Labute approximate surface area is 170 Å². The number of hydrogen-bond acceptors (Lipinski definition) is 4. The molecule has 0 aromatic heterocycles. The number of ether oxygens (including phenoxy) is 1. The molecule has 2 aromatic carbocycles. The number of nitrogens with zero attached hydrogens (tertiary/aromatic N) is 1. The second kappa shape index (κ2) is 8.73. The maximum atomic E-state index is 12.7. The SMILES string of the molecule is CC(=O)N1C=Cc2ccccc2[C@@H]1CC(=O)Nc1ccc(C(=O)OC(C)C)cc1. The molecule has 0 spiro atoms. The van der Waals surface area contributed by atoms with E-state index in [9.17, 15) is 14.4 Å². The lowest BCUT2D eigenvalue weighted by Crippen LogP contribution is -2.33. The van der Waals surface area contributed by atoms with E-state index in [1.165, 1.54) is 6.92 Å². The molecule has 2 aromatic rings. The molecule has 6 nitrogen and oxygen atoms in total. The van der Waals surface area contributed by atoms with Gasteiger partial charge < -0.3 is 15.0 Å². The molecule has 0 fully saturated rings. The van der Waals surface area contributed by atoms with E-state index in [4.69, 9.17) is 4.74 Å². The monoisotopic (exact) mass is 392 g/mol. The summed E-state index contributed by atoms with van der Waals surface area (Å²) in [6.45, 7) is 5.06. The molecule has 0 saturated heterocycles. The third kappa shape index (κ3) is 4.90. The fourth-order valence-electron chi connectivity index (χ4n) is 3.27. The van der Waals surface area contributed by atoms with Crippen LogP contribution in [0, 0.1) is 0 Å². The van der Waals surface area contributed by atoms with Gasteiger partial charge in [-0.2, -0.15) is 0 Å². The first-order valence-corrected chi connectivity index (χ1v) is 9.52. The van der Waals surface area contributed by atoms with E-state index < -0.39 is 5.97 Å². The number of carbonyl (C=O) groups excluding carboxylic acids is 3. The Hall–Kier alpha value is -3.41. The van der Waals surface area contributed by atoms with Crippen LogP contribution in [0.4, 0.5) is 5.69 Å². The molecule has 0 bridgehead atoms. The van der Waals surface area contributed by atoms with E-state index >= 15 is 0 Å². The highest BCUT2D eigenvalue weighted by Gasteiger charge is 2.28. The van der Waals surface area contributed by atoms with E-state index in [-0.39, 0.29) is 30.4 Å². The van der Waals surface area contributed by atoms with Gasteiger partial charge in [0.15, 0.2) is 0 Å². The molecule has 1 atom stereocenters. The van der Waals surface area contributed by atoms with Crippen LogP contribution in [-0.2, 0) is 14.3 Å². The van der Waals surface area contributed by atoms with Gasteiger partial charge in [-0.05, 0) is 55.3 Å². The molecular formula is C23H24N2O4. The van der Waals surface area contributed by atoms with Gasteiger partial charge in [-0.25, -0.2) is 4.79 Å². The first-order valence-electron chi connectivity index (χ1n) is 9.52. The van der Waals surface area contributed by atoms with E-state index in [1.807, 2.05) is 30.3 Å². The summed E-state index contributed by atoms with van der Waals surface area (Å²) >= 11 is 0. The summed E-state index contributed by atoms with van der Waals surface area (Å²) in [5, 5.41) is 2.83. The standard InChI is InChI=1S/C23H24N2O4/c1-15(2)29-23(28)18-8-10-19(11-9-18)24-22(27)14-21-20-7-5-4-6-17(20)12-13-25(21)16(3)26/h4-13,15,21H,14H2,1-3H3,(H,24,27)/t21-/m0/s1. The summed E-state index contributed by atoms with van der Waals surface area (Å²) < 4.78 is 5.16. The molecule has 0 radical (unpaired) electrons. The Kier molecular flexibility index (Phi) is 6.12. The molecule has 150 valence electrons. The van der Waals surface area contributed by atoms with E-state index in [0.717, 1.165) is 11.1 Å². The minimum Gasteiger partial charge on any atom is -0.459 e. The highest BCUT2D eigenvalue weighted by Crippen LogP contribution is 2.33. The Morgan fingerprint density at radius 3 is 2.41 bits per heavy atom. The minimum absolute atomic E-state index is 0.123. The van der Waals surface area contributed by atoms with Crippen LogP contribution in [-0.4, -0.2) is 28.8 Å². The number of benzene rings is 2. The number of fused-ring (bicyclic) bond motifs is 1. The average Bonchev–Trinajstić information content (AvgIpc) is 2.68. The van der Waals surface area contributed by atoms with Gasteiger partial charge in [-0.1, -0.05) is 24.3 Å². The molecule has 1 heterocycles. The van der Waals surface area contributed by atoms with Crippen molar-refractivity contribution in [3.8, 4) is 0 Å². The molecular weight excluding hydrogens is 368 g/mol. The minimum atomic E-state index is -0.402. The van der Waals surface area contributed by atoms with Crippen molar-refractivity contribution in [2.45, 2.75) is 39.3 Å². The van der Waals surface area contributed by atoms with E-state index in [1.54, 1.807) is 49.2 Å². The predicted molar refractivity (Wildman–Crippen MR) is 111 cm³/mol. The Morgan fingerprint density at radius 2 is 1.76 bits per heavy atom. The molecule has 1 aliphatic rings. The van der Waals surface area contributed by atoms with Gasteiger partial charge >= 0.3 is 5.97 Å². The molecule has 1 aliphatic heterocycles. The fourth-order valence-corrected chi connectivity index (χ4v) is 3.27. The van der Waals surface area contributed by atoms with Crippen molar-refractivity contribution in [3.63, 3.8) is 0 Å². The van der Waals surface area contributed by atoms with Crippen LogP contribution in [0.2, 0.25) is 0 Å². The van der Waals surface area contributed by atoms with E-state index in [0.29, 0.717) is 11.3 Å². The maximum Gasteiger partial charge on any atom is 0.338 e. The first kappa shape index (κ1) is 20.3. The molecule has 6 heteroatoms. The quantitative estimate of drug-likeness (QED) is 0.776. The molecule has 29 heavy (non-hydrogen) atoms. The normalized spacial score (nSPS) is 15.0. The van der Waals surface area contributed by atoms with Crippen LogP contribution in [0.15, 0.2) is 54.7 Å². The van der Waals surface area contributed by atoms with Crippen molar-refractivity contribution in [1.29, 1.82) is 0 Å². The highest BCUT2D eigenvalue weighted by atomic mass is 16.5. The second-order valence-corrected chi connectivity index (χ2v) is 7.17. The largest absolute Gasteiger partial charge is 0.459 e. The summed E-state index contributed by atoms with van der Waals surface area (Å²) in [5.74, 6) is -0.744. The fraction of sp³-hybridized carbons (Fsp3) is 0.261. The Bertz CT molecular complexity index is 948. The molecule has 2 amide bonds. The van der Waals surface area contributed by atoms with Crippen molar-refractivity contribution in [3.05, 3.63) is 71.4 Å². The van der Waals surface area contributed by atoms with Gasteiger partial charge in [0, 0.05) is 18.8 Å². The highest BCUT2D eigenvalue weighted by molar-refractivity contribution is 5.94. The van der Waals surface area contributed by atoms with Crippen molar-refractivity contribution in [2.24, 2.45) is 0 Å². The number of esters is 1. The van der Waals surface area contributed by atoms with E-state index in [2.05, 4.69) is 5.32 Å². The number of anilines is 1. The zero-order chi connectivity index (χ0) is 21.0. The maximum absolute atomic E-state index is 12.7. The lowest BCUT2D eigenvalue weighted by molar-refractivity contribution is -0.129. The first-order chi connectivity index (χ1) is 13.8. The van der Waals surface area contributed by atoms with Gasteiger partial charge in [0.25, 0.3) is 0 Å². The Morgan fingerprint density at radius 1 is 1.07 bits per heavy atom. The summed E-state index contributed by atoms with van der Waals surface area (Å²) in [7, 11) is 0. The van der Waals surface area contributed by atoms with Crippen LogP contribution < -0.4 is 5.32 Å². The van der Waals surface area contributed by atoms with Crippen molar-refractivity contribution in [2.75, 3.05) is 5.32 Å². The second-order valence-electron chi connectivity index (χ2n) is 7.17. The summed E-state index contributed by atoms with van der Waals surface area (Å²) in [5.41, 5.74) is 2.93. The number of hydrogen-bond donors (Lipinski definition) is 1. The molecule has 0 unspecified atom stereocenters. The molecule has 1 N–H and O–H groups in total. The lowest BCUT2D eigenvalue weighted by Gasteiger charge is -2.32. The van der Waals surface area contributed by atoms with Crippen LogP contribution >= 0.6 is 0 Å². The van der Waals surface area contributed by atoms with Gasteiger partial charge in [0.05, 0.1) is 24.1 Å². The van der Waals surface area contributed by atoms with Crippen LogP contribution in [0.25, 0.3) is 6.08 Å². The zero-order valence-corrected chi connectivity index (χ0v) is 16.7. The van der Waals surface area contributed by atoms with Gasteiger partial charge in [-0.15, -0.1) is 0 Å². The zero-order valence-electron chi connectivity index (χ0n) is 16.7. The summed E-state index contributed by atoms with van der Waals surface area (Å²) in [4.78, 5) is 38.2. The van der Waals surface area contributed by atoms with Gasteiger partial charge in [-0.3, -0.25) is 9.59 Å². The van der Waals surface area contributed by atoms with Crippen molar-refractivity contribution in [1.82, 2.24) is 4.90 Å². The number of amides is 2.